The van der Waals surface area contributed by atoms with Crippen molar-refractivity contribution in [2.45, 2.75) is 45.4 Å². The Morgan fingerprint density at radius 2 is 2.00 bits per heavy atom. The molecule has 8 heteroatoms. The fraction of sp³-hybridized carbons (Fsp3) is 0.421. The standard InChI is InChI=1S/C19H27N7O/c1-12(9-19(2,3)27)23-18-24-16(15-17(25-18)26(4)11-22-15)21-10-13-7-5-6-8-14(13)20/h5-8,11-12,27H,9-10,20H2,1-4H3,(H2,21,23,24,25). The van der Waals surface area contributed by atoms with E-state index < -0.39 is 5.60 Å². The van der Waals surface area contributed by atoms with E-state index in [1.807, 2.05) is 42.8 Å². The summed E-state index contributed by atoms with van der Waals surface area (Å²) in [5, 5.41) is 16.6. The summed E-state index contributed by atoms with van der Waals surface area (Å²) in [4.78, 5) is 13.6. The Morgan fingerprint density at radius 3 is 2.70 bits per heavy atom. The second-order valence-corrected chi connectivity index (χ2v) is 7.54. The van der Waals surface area contributed by atoms with E-state index in [1.54, 1.807) is 20.2 Å². The quantitative estimate of drug-likeness (QED) is 0.473. The lowest BCUT2D eigenvalue weighted by Crippen LogP contribution is -2.29. The second kappa shape index (κ2) is 7.40. The Morgan fingerprint density at radius 1 is 1.26 bits per heavy atom. The maximum atomic E-state index is 10.0. The summed E-state index contributed by atoms with van der Waals surface area (Å²) in [7, 11) is 1.89. The Labute approximate surface area is 158 Å². The van der Waals surface area contributed by atoms with Gasteiger partial charge in [0.2, 0.25) is 5.95 Å². The largest absolute Gasteiger partial charge is 0.398 e. The van der Waals surface area contributed by atoms with Gasteiger partial charge in [0, 0.05) is 25.3 Å². The van der Waals surface area contributed by atoms with E-state index in [1.165, 1.54) is 0 Å². The number of nitrogens with two attached hydrogens (primary N) is 1. The van der Waals surface area contributed by atoms with Gasteiger partial charge in [0.15, 0.2) is 17.0 Å². The summed E-state index contributed by atoms with van der Waals surface area (Å²) in [5.74, 6) is 1.13. The molecule has 0 spiro atoms. The van der Waals surface area contributed by atoms with Gasteiger partial charge in [-0.25, -0.2) is 4.98 Å². The molecule has 0 saturated carbocycles. The Hall–Kier alpha value is -2.87. The van der Waals surface area contributed by atoms with Gasteiger partial charge in [0.05, 0.1) is 11.9 Å². The molecule has 0 amide bonds. The third kappa shape index (κ3) is 4.65. The minimum atomic E-state index is -0.769. The van der Waals surface area contributed by atoms with Crippen molar-refractivity contribution in [1.82, 2.24) is 19.5 Å². The number of hydrogen-bond acceptors (Lipinski definition) is 7. The molecule has 0 bridgehead atoms. The minimum absolute atomic E-state index is 0.00768. The molecule has 1 unspecified atom stereocenters. The fourth-order valence-electron chi connectivity index (χ4n) is 3.09. The van der Waals surface area contributed by atoms with Gasteiger partial charge in [0.1, 0.15) is 0 Å². The summed E-state index contributed by atoms with van der Waals surface area (Å²) in [6, 6.07) is 7.72. The van der Waals surface area contributed by atoms with Gasteiger partial charge in [-0.3, -0.25) is 0 Å². The lowest BCUT2D eigenvalue weighted by atomic mass is 10.0. The van der Waals surface area contributed by atoms with E-state index in [0.717, 1.165) is 16.9 Å². The fourth-order valence-corrected chi connectivity index (χ4v) is 3.09. The van der Waals surface area contributed by atoms with E-state index in [0.29, 0.717) is 30.2 Å². The van der Waals surface area contributed by atoms with Crippen molar-refractivity contribution in [2.75, 3.05) is 16.4 Å². The zero-order valence-electron chi connectivity index (χ0n) is 16.2. The predicted octanol–water partition coefficient (Wildman–Crippen LogP) is 2.52. The van der Waals surface area contributed by atoms with Gasteiger partial charge in [-0.05, 0) is 38.8 Å². The average molecular weight is 369 g/mol. The SMILES string of the molecule is CC(CC(C)(C)O)Nc1nc(NCc2ccccc2N)c2ncn(C)c2n1. The highest BCUT2D eigenvalue weighted by molar-refractivity contribution is 5.84. The first kappa shape index (κ1) is 18.9. The molecule has 3 aromatic rings. The van der Waals surface area contributed by atoms with Crippen molar-refractivity contribution in [3.63, 3.8) is 0 Å². The minimum Gasteiger partial charge on any atom is -0.398 e. The maximum Gasteiger partial charge on any atom is 0.226 e. The van der Waals surface area contributed by atoms with Crippen LogP contribution >= 0.6 is 0 Å². The molecule has 1 atom stereocenters. The van der Waals surface area contributed by atoms with Crippen molar-refractivity contribution in [3.8, 4) is 0 Å². The molecule has 144 valence electrons. The molecule has 2 heterocycles. The van der Waals surface area contributed by atoms with Gasteiger partial charge < -0.3 is 26.0 Å². The van der Waals surface area contributed by atoms with Crippen LogP contribution in [-0.2, 0) is 13.6 Å². The highest BCUT2D eigenvalue weighted by Crippen LogP contribution is 2.23. The molecule has 1 aromatic carbocycles. The molecular weight excluding hydrogens is 342 g/mol. The third-order valence-corrected chi connectivity index (χ3v) is 4.24. The molecule has 0 aliphatic rings. The van der Waals surface area contributed by atoms with Crippen molar-refractivity contribution >= 4 is 28.6 Å². The number of nitrogens with zero attached hydrogens (tertiary/aromatic N) is 4. The highest BCUT2D eigenvalue weighted by atomic mass is 16.3. The molecule has 0 fully saturated rings. The zero-order chi connectivity index (χ0) is 19.6. The molecule has 2 aromatic heterocycles. The van der Waals surface area contributed by atoms with Crippen molar-refractivity contribution in [2.24, 2.45) is 7.05 Å². The monoisotopic (exact) mass is 369 g/mol. The summed E-state index contributed by atoms with van der Waals surface area (Å²) in [6.45, 7) is 6.10. The van der Waals surface area contributed by atoms with Gasteiger partial charge in [-0.1, -0.05) is 18.2 Å². The van der Waals surface area contributed by atoms with Crippen molar-refractivity contribution in [1.29, 1.82) is 0 Å². The van der Waals surface area contributed by atoms with Crippen LogP contribution in [0.5, 0.6) is 0 Å². The Balaban J connectivity index is 1.86. The maximum absolute atomic E-state index is 10.0. The lowest BCUT2D eigenvalue weighted by molar-refractivity contribution is 0.0672. The smallest absolute Gasteiger partial charge is 0.226 e. The van der Waals surface area contributed by atoms with E-state index in [4.69, 9.17) is 5.73 Å². The molecular formula is C19H27N7O. The number of fused-ring (bicyclic) bond motifs is 1. The van der Waals surface area contributed by atoms with Gasteiger partial charge >= 0.3 is 0 Å². The number of hydrogen-bond donors (Lipinski definition) is 4. The normalized spacial score (nSPS) is 12.9. The van der Waals surface area contributed by atoms with Crippen LogP contribution < -0.4 is 16.4 Å². The second-order valence-electron chi connectivity index (χ2n) is 7.54. The van der Waals surface area contributed by atoms with E-state index in [-0.39, 0.29) is 6.04 Å². The first-order chi connectivity index (χ1) is 12.7. The van der Waals surface area contributed by atoms with Crippen LogP contribution in [0.1, 0.15) is 32.8 Å². The first-order valence-electron chi connectivity index (χ1n) is 8.98. The lowest BCUT2D eigenvalue weighted by Gasteiger charge is -2.23. The topological polar surface area (TPSA) is 114 Å². The number of rotatable bonds is 7. The summed E-state index contributed by atoms with van der Waals surface area (Å²) >= 11 is 0. The third-order valence-electron chi connectivity index (χ3n) is 4.24. The summed E-state index contributed by atoms with van der Waals surface area (Å²) in [6.07, 6.45) is 2.29. The molecule has 3 rings (SSSR count). The number of nitrogens with one attached hydrogen (secondary N) is 2. The molecule has 5 N–H and O–H groups in total. The number of aromatic nitrogens is 4. The molecule has 0 aliphatic carbocycles. The zero-order valence-corrected chi connectivity index (χ0v) is 16.2. The van der Waals surface area contributed by atoms with E-state index in [9.17, 15) is 5.11 Å². The van der Waals surface area contributed by atoms with Gasteiger partial charge in [-0.15, -0.1) is 0 Å². The van der Waals surface area contributed by atoms with Crippen molar-refractivity contribution in [3.05, 3.63) is 36.2 Å². The van der Waals surface area contributed by atoms with Crippen LogP contribution in [0.2, 0.25) is 0 Å². The first-order valence-corrected chi connectivity index (χ1v) is 8.98. The molecule has 8 nitrogen and oxygen atoms in total. The van der Waals surface area contributed by atoms with E-state index in [2.05, 4.69) is 25.6 Å². The Kier molecular flexibility index (Phi) is 5.18. The van der Waals surface area contributed by atoms with Crippen LogP contribution in [-0.4, -0.2) is 36.3 Å². The van der Waals surface area contributed by atoms with E-state index >= 15 is 0 Å². The average Bonchev–Trinajstić information content (AvgIpc) is 2.93. The van der Waals surface area contributed by atoms with Crippen LogP contribution in [0.25, 0.3) is 11.2 Å². The van der Waals surface area contributed by atoms with Crippen LogP contribution in [0.15, 0.2) is 30.6 Å². The number of imidazole rings is 1. The summed E-state index contributed by atoms with van der Waals surface area (Å²) < 4.78 is 1.85. The van der Waals surface area contributed by atoms with Crippen LogP contribution in [0.4, 0.5) is 17.5 Å². The predicted molar refractivity (Wildman–Crippen MR) is 108 cm³/mol. The number of aliphatic hydroxyl groups is 1. The molecule has 27 heavy (non-hydrogen) atoms. The number of para-hydroxylation sites is 1. The van der Waals surface area contributed by atoms with Crippen LogP contribution in [0.3, 0.4) is 0 Å². The van der Waals surface area contributed by atoms with Crippen LogP contribution in [0, 0.1) is 0 Å². The number of nitrogen functional groups attached to an aromatic ring is 1. The number of anilines is 3. The van der Waals surface area contributed by atoms with Gasteiger partial charge in [0.25, 0.3) is 0 Å². The molecule has 0 aliphatic heterocycles. The van der Waals surface area contributed by atoms with Crippen molar-refractivity contribution < 1.29 is 5.11 Å². The number of aryl methyl sites for hydroxylation is 1. The molecule has 0 saturated heterocycles. The Bertz CT molecular complexity index is 929. The van der Waals surface area contributed by atoms with Gasteiger partial charge in [-0.2, -0.15) is 9.97 Å². The summed E-state index contributed by atoms with van der Waals surface area (Å²) in [5.41, 5.74) is 8.41. The number of benzene rings is 1. The highest BCUT2D eigenvalue weighted by Gasteiger charge is 2.19. The molecule has 0 radical (unpaired) electrons.